The molecule has 21 heavy (non-hydrogen) atoms. The largest absolute Gasteiger partial charge is 0.351 e. The van der Waals surface area contributed by atoms with E-state index in [0.29, 0.717) is 17.9 Å². The van der Waals surface area contributed by atoms with Crippen molar-refractivity contribution in [2.75, 3.05) is 11.1 Å². The van der Waals surface area contributed by atoms with E-state index in [2.05, 4.69) is 32.2 Å². The minimum atomic E-state index is 0.189. The highest BCUT2D eigenvalue weighted by Crippen LogP contribution is 2.31. The molecule has 2 aromatic rings. The number of nitrogens with one attached hydrogen (secondary N) is 1. The quantitative estimate of drug-likeness (QED) is 0.912. The predicted molar refractivity (Wildman–Crippen MR) is 85.1 cm³/mol. The third-order valence-electron chi connectivity index (χ3n) is 3.45. The van der Waals surface area contributed by atoms with Crippen LogP contribution in [0.25, 0.3) is 5.95 Å². The Labute approximate surface area is 132 Å². The van der Waals surface area contributed by atoms with Gasteiger partial charge in [-0.15, -0.1) is 0 Å². The van der Waals surface area contributed by atoms with Crippen LogP contribution in [0.5, 0.6) is 0 Å². The Bertz CT molecular complexity index is 590. The molecule has 6 nitrogen and oxygen atoms in total. The lowest BCUT2D eigenvalue weighted by molar-refractivity contribution is 0.740. The first kappa shape index (κ1) is 14.6. The highest BCUT2D eigenvalue weighted by atomic mass is 35.5. The zero-order valence-corrected chi connectivity index (χ0v) is 13.3. The number of hydrogen-bond acceptors (Lipinski definition) is 6. The lowest BCUT2D eigenvalue weighted by Gasteiger charge is -2.13. The Hall–Kier alpha value is -1.34. The zero-order valence-electron chi connectivity index (χ0n) is 11.7. The number of hydrogen-bond donors (Lipinski definition) is 1. The summed E-state index contributed by atoms with van der Waals surface area (Å²) in [4.78, 5) is 16.7. The van der Waals surface area contributed by atoms with Crippen molar-refractivity contribution in [3.8, 4) is 5.95 Å². The maximum absolute atomic E-state index is 5.99. The van der Waals surface area contributed by atoms with Crippen LogP contribution in [0.3, 0.4) is 0 Å². The van der Waals surface area contributed by atoms with Crippen LogP contribution in [-0.2, 0) is 0 Å². The highest BCUT2D eigenvalue weighted by Gasteiger charge is 2.25. The first-order valence-corrected chi connectivity index (χ1v) is 8.45. The summed E-state index contributed by atoms with van der Waals surface area (Å²) in [5.74, 6) is 2.18. The van der Waals surface area contributed by atoms with Crippen molar-refractivity contribution in [3.05, 3.63) is 24.0 Å². The van der Waals surface area contributed by atoms with E-state index in [-0.39, 0.29) is 5.28 Å². The van der Waals surface area contributed by atoms with Gasteiger partial charge in [0.05, 0.1) is 0 Å². The minimum Gasteiger partial charge on any atom is -0.351 e. The van der Waals surface area contributed by atoms with Gasteiger partial charge in [0.15, 0.2) is 0 Å². The fourth-order valence-electron chi connectivity index (χ4n) is 2.54. The van der Waals surface area contributed by atoms with Crippen molar-refractivity contribution < 1.29 is 0 Å². The fraction of sp³-hybridized carbons (Fsp3) is 0.538. The molecular formula is C13H17ClN6S. The third-order valence-corrected chi connectivity index (χ3v) is 4.85. The normalized spacial score (nSPS) is 21.6. The summed E-state index contributed by atoms with van der Waals surface area (Å²) < 4.78 is 1.71. The monoisotopic (exact) mass is 324 g/mol. The van der Waals surface area contributed by atoms with Crippen LogP contribution in [0.15, 0.2) is 18.7 Å². The van der Waals surface area contributed by atoms with E-state index < -0.39 is 0 Å². The first-order chi connectivity index (χ1) is 10.2. The molecule has 0 radical (unpaired) electrons. The molecule has 2 heterocycles. The highest BCUT2D eigenvalue weighted by molar-refractivity contribution is 7.99. The second kappa shape index (κ2) is 6.62. The van der Waals surface area contributed by atoms with Crippen LogP contribution in [-0.4, -0.2) is 41.5 Å². The molecule has 0 aromatic carbocycles. The molecule has 1 aliphatic carbocycles. The molecule has 2 atom stereocenters. The van der Waals surface area contributed by atoms with Gasteiger partial charge in [-0.25, -0.2) is 4.98 Å². The van der Waals surface area contributed by atoms with E-state index in [9.17, 15) is 0 Å². The molecule has 0 spiro atoms. The minimum absolute atomic E-state index is 0.189. The van der Waals surface area contributed by atoms with Crippen molar-refractivity contribution in [3.63, 3.8) is 0 Å². The van der Waals surface area contributed by atoms with Crippen LogP contribution >= 0.6 is 23.4 Å². The second-order valence-electron chi connectivity index (χ2n) is 4.93. The van der Waals surface area contributed by atoms with Gasteiger partial charge in [0.25, 0.3) is 0 Å². The van der Waals surface area contributed by atoms with E-state index in [0.717, 1.165) is 18.1 Å². The van der Waals surface area contributed by atoms with Gasteiger partial charge < -0.3 is 5.32 Å². The van der Waals surface area contributed by atoms with Gasteiger partial charge in [-0.1, -0.05) is 6.92 Å². The van der Waals surface area contributed by atoms with Gasteiger partial charge in [-0.05, 0) is 36.6 Å². The molecule has 0 amide bonds. The topological polar surface area (TPSA) is 68.5 Å². The molecular weight excluding hydrogens is 308 g/mol. The molecule has 3 rings (SSSR count). The van der Waals surface area contributed by atoms with Gasteiger partial charge in [0.2, 0.25) is 17.2 Å². The standard InChI is InChI=1S/C13H17ClN6S/c1-2-21-10-4-3-9(7-10)16-12-17-11(14)18-13(19-12)20-6-5-15-8-20/h5-6,8-10H,2-4,7H2,1H3,(H,16,17,18,19). The molecule has 0 bridgehead atoms. The van der Waals surface area contributed by atoms with Gasteiger partial charge in [-0.2, -0.15) is 26.7 Å². The predicted octanol–water partition coefficient (Wildman–Crippen LogP) is 2.80. The number of rotatable bonds is 5. The molecule has 1 aliphatic rings. The molecule has 2 aromatic heterocycles. The summed E-state index contributed by atoms with van der Waals surface area (Å²) in [7, 11) is 0. The van der Waals surface area contributed by atoms with E-state index >= 15 is 0 Å². The van der Waals surface area contributed by atoms with Crippen LogP contribution in [0.1, 0.15) is 26.2 Å². The van der Waals surface area contributed by atoms with Gasteiger partial charge in [0, 0.05) is 23.7 Å². The van der Waals surface area contributed by atoms with Gasteiger partial charge in [0.1, 0.15) is 6.33 Å². The lowest BCUT2D eigenvalue weighted by atomic mass is 10.2. The molecule has 112 valence electrons. The SMILES string of the molecule is CCSC1CCC(Nc2nc(Cl)nc(-n3ccnc3)n2)C1. The maximum atomic E-state index is 5.99. The Morgan fingerprint density at radius 1 is 1.38 bits per heavy atom. The summed E-state index contributed by atoms with van der Waals surface area (Å²) in [5.41, 5.74) is 0. The molecule has 0 aliphatic heterocycles. The lowest BCUT2D eigenvalue weighted by Crippen LogP contribution is -2.19. The molecule has 0 saturated heterocycles. The van der Waals surface area contributed by atoms with Crippen LogP contribution in [0, 0.1) is 0 Å². The molecule has 1 saturated carbocycles. The summed E-state index contributed by atoms with van der Waals surface area (Å²) in [5, 5.41) is 4.30. The summed E-state index contributed by atoms with van der Waals surface area (Å²) in [6, 6.07) is 0.406. The number of imidazole rings is 1. The van der Waals surface area contributed by atoms with Crippen LogP contribution < -0.4 is 5.32 Å². The smallest absolute Gasteiger partial charge is 0.241 e. The first-order valence-electron chi connectivity index (χ1n) is 7.02. The summed E-state index contributed by atoms with van der Waals surface area (Å²) >= 11 is 8.02. The van der Waals surface area contributed by atoms with E-state index in [4.69, 9.17) is 11.6 Å². The number of thioether (sulfide) groups is 1. The van der Waals surface area contributed by atoms with Crippen molar-refractivity contribution >= 4 is 29.3 Å². The van der Waals surface area contributed by atoms with Crippen molar-refractivity contribution in [1.82, 2.24) is 24.5 Å². The summed E-state index contributed by atoms with van der Waals surface area (Å²) in [6.45, 7) is 2.20. The summed E-state index contributed by atoms with van der Waals surface area (Å²) in [6.07, 6.45) is 8.61. The number of nitrogens with zero attached hydrogens (tertiary/aromatic N) is 5. The average Bonchev–Trinajstić information content (AvgIpc) is 3.10. The van der Waals surface area contributed by atoms with Crippen molar-refractivity contribution in [2.45, 2.75) is 37.5 Å². The Balaban J connectivity index is 1.71. The van der Waals surface area contributed by atoms with Crippen molar-refractivity contribution in [2.24, 2.45) is 0 Å². The van der Waals surface area contributed by atoms with E-state index in [1.54, 1.807) is 23.3 Å². The Kier molecular flexibility index (Phi) is 4.60. The van der Waals surface area contributed by atoms with Crippen LogP contribution in [0.4, 0.5) is 5.95 Å². The molecule has 2 unspecified atom stereocenters. The number of anilines is 1. The Morgan fingerprint density at radius 2 is 2.29 bits per heavy atom. The molecule has 1 fully saturated rings. The van der Waals surface area contributed by atoms with E-state index in [1.165, 1.54) is 12.2 Å². The molecule has 8 heteroatoms. The van der Waals surface area contributed by atoms with Crippen LogP contribution in [0.2, 0.25) is 5.28 Å². The van der Waals surface area contributed by atoms with Crippen molar-refractivity contribution in [1.29, 1.82) is 0 Å². The maximum Gasteiger partial charge on any atom is 0.241 e. The van der Waals surface area contributed by atoms with Gasteiger partial charge >= 0.3 is 0 Å². The number of aromatic nitrogens is 5. The fourth-order valence-corrected chi connectivity index (χ4v) is 3.84. The zero-order chi connectivity index (χ0) is 14.7. The van der Waals surface area contributed by atoms with E-state index in [1.807, 2.05) is 11.8 Å². The second-order valence-corrected chi connectivity index (χ2v) is 6.85. The third kappa shape index (κ3) is 3.65. The Morgan fingerprint density at radius 3 is 3.05 bits per heavy atom. The number of halogens is 1. The average molecular weight is 325 g/mol. The molecule has 1 N–H and O–H groups in total. The van der Waals surface area contributed by atoms with Gasteiger partial charge in [-0.3, -0.25) is 4.57 Å².